The minimum atomic E-state index is -0.560. The molecule has 5 nitrogen and oxygen atoms in total. The van der Waals surface area contributed by atoms with Crippen LogP contribution in [0.25, 0.3) is 0 Å². The van der Waals surface area contributed by atoms with E-state index in [1.165, 1.54) is 12.1 Å². The van der Waals surface area contributed by atoms with Crippen LogP contribution in [0, 0.1) is 5.82 Å². The van der Waals surface area contributed by atoms with E-state index in [2.05, 4.69) is 10.6 Å². The number of amides is 3. The number of benzene rings is 1. The minimum Gasteiger partial charge on any atom is -0.333 e. The van der Waals surface area contributed by atoms with E-state index in [0.717, 1.165) is 0 Å². The Morgan fingerprint density at radius 3 is 2.50 bits per heavy atom. The van der Waals surface area contributed by atoms with Gasteiger partial charge in [0.15, 0.2) is 0 Å². The smallest absolute Gasteiger partial charge is 0.321 e. The molecule has 7 heteroatoms. The van der Waals surface area contributed by atoms with Crippen molar-refractivity contribution in [3.63, 3.8) is 0 Å². The van der Waals surface area contributed by atoms with E-state index >= 15 is 0 Å². The van der Waals surface area contributed by atoms with Crippen molar-refractivity contribution in [2.75, 3.05) is 13.6 Å². The first-order valence-corrected chi connectivity index (χ1v) is 7.19. The molecule has 0 aliphatic carbocycles. The Labute approximate surface area is 134 Å². The molecular weight excluding hydrogens is 309 g/mol. The van der Waals surface area contributed by atoms with Gasteiger partial charge in [0, 0.05) is 22.7 Å². The first kappa shape index (κ1) is 18.4. The third-order valence-electron chi connectivity index (χ3n) is 2.64. The van der Waals surface area contributed by atoms with E-state index in [1.807, 2.05) is 20.8 Å². The molecule has 0 bridgehead atoms. The quantitative estimate of drug-likeness (QED) is 0.892. The maximum atomic E-state index is 13.7. The molecule has 1 rings (SSSR count). The van der Waals surface area contributed by atoms with Gasteiger partial charge in [-0.05, 0) is 40.0 Å². The van der Waals surface area contributed by atoms with Gasteiger partial charge in [-0.15, -0.1) is 0 Å². The first-order chi connectivity index (χ1) is 10.1. The van der Waals surface area contributed by atoms with Gasteiger partial charge in [0.25, 0.3) is 0 Å². The molecule has 0 atom stereocenters. The fourth-order valence-corrected chi connectivity index (χ4v) is 2.02. The molecule has 122 valence electrons. The molecule has 0 fully saturated rings. The van der Waals surface area contributed by atoms with E-state index in [9.17, 15) is 14.0 Å². The second-order valence-corrected chi connectivity index (χ2v) is 6.53. The summed E-state index contributed by atoms with van der Waals surface area (Å²) in [7, 11) is 1.64. The number of rotatable bonds is 4. The van der Waals surface area contributed by atoms with E-state index in [4.69, 9.17) is 11.6 Å². The number of carbonyl (C=O) groups is 2. The van der Waals surface area contributed by atoms with E-state index in [0.29, 0.717) is 10.6 Å². The van der Waals surface area contributed by atoms with Gasteiger partial charge in [0.2, 0.25) is 5.91 Å². The Bertz CT molecular complexity index is 538. The Kier molecular flexibility index (Phi) is 6.32. The molecule has 1 aromatic rings. The van der Waals surface area contributed by atoms with Crippen LogP contribution in [0.2, 0.25) is 5.02 Å². The third kappa shape index (κ3) is 6.41. The van der Waals surface area contributed by atoms with Crippen LogP contribution in [0.1, 0.15) is 26.3 Å². The van der Waals surface area contributed by atoms with Crippen molar-refractivity contribution in [3.05, 3.63) is 34.6 Å². The number of carbonyl (C=O) groups excluding carboxylic acids is 2. The SMILES string of the molecule is CN(CC(=O)NC(=O)NC(C)(C)C)Cc1c(F)cccc1Cl. The highest BCUT2D eigenvalue weighted by atomic mass is 35.5. The molecule has 0 aliphatic rings. The Hall–Kier alpha value is -1.66. The number of halogens is 2. The summed E-state index contributed by atoms with van der Waals surface area (Å²) >= 11 is 5.94. The first-order valence-electron chi connectivity index (χ1n) is 6.82. The molecule has 0 saturated carbocycles. The minimum absolute atomic E-state index is 0.0533. The Balaban J connectivity index is 2.53. The second kappa shape index (κ2) is 7.56. The highest BCUT2D eigenvalue weighted by molar-refractivity contribution is 6.31. The van der Waals surface area contributed by atoms with Crippen molar-refractivity contribution < 1.29 is 14.0 Å². The van der Waals surface area contributed by atoms with E-state index in [1.54, 1.807) is 18.0 Å². The topological polar surface area (TPSA) is 61.4 Å². The van der Waals surface area contributed by atoms with Crippen molar-refractivity contribution in [2.45, 2.75) is 32.9 Å². The van der Waals surface area contributed by atoms with Gasteiger partial charge >= 0.3 is 6.03 Å². The lowest BCUT2D eigenvalue weighted by atomic mass is 10.1. The standard InChI is InChI=1S/C15H21ClFN3O2/c1-15(2,3)19-14(22)18-13(21)9-20(4)8-10-11(16)6-5-7-12(10)17/h5-7H,8-9H2,1-4H3,(H2,18,19,21,22). The summed E-state index contributed by atoms with van der Waals surface area (Å²) in [6.07, 6.45) is 0. The predicted molar refractivity (Wildman–Crippen MR) is 84.2 cm³/mol. The lowest BCUT2D eigenvalue weighted by molar-refractivity contribution is -0.121. The number of hydrogen-bond donors (Lipinski definition) is 2. The zero-order chi connectivity index (χ0) is 16.9. The van der Waals surface area contributed by atoms with Crippen molar-refractivity contribution >= 4 is 23.5 Å². The molecule has 2 N–H and O–H groups in total. The molecule has 0 aromatic heterocycles. The molecular formula is C15H21ClFN3O2. The van der Waals surface area contributed by atoms with Gasteiger partial charge in [-0.25, -0.2) is 9.18 Å². The molecule has 0 unspecified atom stereocenters. The second-order valence-electron chi connectivity index (χ2n) is 6.12. The molecule has 22 heavy (non-hydrogen) atoms. The molecule has 3 amide bonds. The van der Waals surface area contributed by atoms with Crippen LogP contribution < -0.4 is 10.6 Å². The van der Waals surface area contributed by atoms with Gasteiger partial charge in [-0.1, -0.05) is 17.7 Å². The number of urea groups is 1. The van der Waals surface area contributed by atoms with Crippen molar-refractivity contribution in [1.29, 1.82) is 0 Å². The summed E-state index contributed by atoms with van der Waals surface area (Å²) in [6, 6.07) is 3.86. The van der Waals surface area contributed by atoms with Gasteiger partial charge in [0.05, 0.1) is 6.54 Å². The fourth-order valence-electron chi connectivity index (χ4n) is 1.79. The fraction of sp³-hybridized carbons (Fsp3) is 0.467. The summed E-state index contributed by atoms with van der Waals surface area (Å²) in [6.45, 7) is 5.54. The van der Waals surface area contributed by atoms with Crippen LogP contribution in [-0.2, 0) is 11.3 Å². The molecule has 0 heterocycles. The molecule has 0 spiro atoms. The number of hydrogen-bond acceptors (Lipinski definition) is 3. The van der Waals surface area contributed by atoms with Crippen molar-refractivity contribution in [3.8, 4) is 0 Å². The molecule has 0 radical (unpaired) electrons. The van der Waals surface area contributed by atoms with Crippen LogP contribution >= 0.6 is 11.6 Å². The summed E-state index contributed by atoms with van der Waals surface area (Å²) in [5.74, 6) is -0.901. The third-order valence-corrected chi connectivity index (χ3v) is 3.00. The lowest BCUT2D eigenvalue weighted by Gasteiger charge is -2.21. The van der Waals surface area contributed by atoms with Gasteiger partial charge in [-0.3, -0.25) is 15.0 Å². The zero-order valence-electron chi connectivity index (χ0n) is 13.2. The maximum Gasteiger partial charge on any atom is 0.321 e. The van der Waals surface area contributed by atoms with Crippen molar-refractivity contribution in [2.24, 2.45) is 0 Å². The number of nitrogens with one attached hydrogen (secondary N) is 2. The average molecular weight is 330 g/mol. The van der Waals surface area contributed by atoms with Crippen LogP contribution in [0.15, 0.2) is 18.2 Å². The van der Waals surface area contributed by atoms with E-state index in [-0.39, 0.29) is 13.1 Å². The predicted octanol–water partition coefficient (Wildman–Crippen LogP) is 2.54. The van der Waals surface area contributed by atoms with Gasteiger partial charge in [0.1, 0.15) is 5.82 Å². The highest BCUT2D eigenvalue weighted by Gasteiger charge is 2.17. The monoisotopic (exact) mass is 329 g/mol. The molecule has 0 saturated heterocycles. The summed E-state index contributed by atoms with van der Waals surface area (Å²) in [4.78, 5) is 24.9. The van der Waals surface area contributed by atoms with Gasteiger partial charge < -0.3 is 5.32 Å². The average Bonchev–Trinajstić information content (AvgIpc) is 2.31. The number of nitrogens with zero attached hydrogens (tertiary/aromatic N) is 1. The van der Waals surface area contributed by atoms with E-state index < -0.39 is 23.3 Å². The zero-order valence-corrected chi connectivity index (χ0v) is 13.9. The van der Waals surface area contributed by atoms with Crippen LogP contribution in [0.3, 0.4) is 0 Å². The maximum absolute atomic E-state index is 13.7. The largest absolute Gasteiger partial charge is 0.333 e. The van der Waals surface area contributed by atoms with Gasteiger partial charge in [-0.2, -0.15) is 0 Å². The summed E-state index contributed by atoms with van der Waals surface area (Å²) < 4.78 is 13.7. The molecule has 0 aliphatic heterocycles. The van der Waals surface area contributed by atoms with Crippen molar-refractivity contribution in [1.82, 2.24) is 15.5 Å². The van der Waals surface area contributed by atoms with Crippen LogP contribution in [0.4, 0.5) is 9.18 Å². The Morgan fingerprint density at radius 2 is 1.95 bits per heavy atom. The summed E-state index contributed by atoms with van der Waals surface area (Å²) in [5.41, 5.74) is -0.115. The van der Waals surface area contributed by atoms with Crippen LogP contribution in [-0.4, -0.2) is 36.0 Å². The summed E-state index contributed by atoms with van der Waals surface area (Å²) in [5, 5.41) is 5.15. The normalized spacial score (nSPS) is 11.4. The lowest BCUT2D eigenvalue weighted by Crippen LogP contribution is -2.50. The Morgan fingerprint density at radius 1 is 1.32 bits per heavy atom. The number of likely N-dealkylation sites (N-methyl/N-ethyl adjacent to an activating group) is 1. The van der Waals surface area contributed by atoms with Crippen LogP contribution in [0.5, 0.6) is 0 Å². The molecule has 1 aromatic carbocycles. The number of imide groups is 1. The highest BCUT2D eigenvalue weighted by Crippen LogP contribution is 2.20.